The second-order valence-corrected chi connectivity index (χ2v) is 7.43. The van der Waals surface area contributed by atoms with Crippen LogP contribution in [-0.4, -0.2) is 77.5 Å². The van der Waals surface area contributed by atoms with Crippen molar-refractivity contribution in [2.24, 2.45) is 0 Å². The van der Waals surface area contributed by atoms with Crippen LogP contribution in [0.4, 0.5) is 11.6 Å². The van der Waals surface area contributed by atoms with Gasteiger partial charge in [-0.05, 0) is 26.0 Å². The van der Waals surface area contributed by atoms with E-state index in [-0.39, 0.29) is 12.1 Å². The Morgan fingerprint density at radius 3 is 2.64 bits per heavy atom. The summed E-state index contributed by atoms with van der Waals surface area (Å²) in [5, 5.41) is 9.26. The van der Waals surface area contributed by atoms with Crippen LogP contribution >= 0.6 is 11.6 Å². The average molecular weight is 407 g/mol. The molecule has 2 fully saturated rings. The Morgan fingerprint density at radius 2 is 2.00 bits per heavy atom. The minimum atomic E-state index is -0.186. The van der Waals surface area contributed by atoms with Crippen molar-refractivity contribution in [3.63, 3.8) is 0 Å². The van der Waals surface area contributed by atoms with Gasteiger partial charge in [0.2, 0.25) is 5.95 Å². The molecular weight excluding hydrogens is 380 g/mol. The van der Waals surface area contributed by atoms with Gasteiger partial charge in [-0.15, -0.1) is 0 Å². The predicted molar refractivity (Wildman–Crippen MR) is 110 cm³/mol. The first kappa shape index (κ1) is 20.7. The van der Waals surface area contributed by atoms with E-state index in [1.54, 1.807) is 6.20 Å². The monoisotopic (exact) mass is 406 g/mol. The van der Waals surface area contributed by atoms with Crippen molar-refractivity contribution in [3.05, 3.63) is 29.7 Å². The zero-order valence-corrected chi connectivity index (χ0v) is 16.8. The van der Waals surface area contributed by atoms with E-state index in [2.05, 4.69) is 31.8 Å². The first-order valence-electron chi connectivity index (χ1n) is 9.45. The highest BCUT2D eigenvalue weighted by molar-refractivity contribution is 6.32. The van der Waals surface area contributed by atoms with Gasteiger partial charge in [-0.3, -0.25) is 4.98 Å². The largest absolute Gasteiger partial charge is 0.391 e. The molecule has 152 valence electrons. The van der Waals surface area contributed by atoms with Crippen LogP contribution in [0.3, 0.4) is 0 Å². The molecule has 2 aromatic heterocycles. The molecule has 0 radical (unpaired) electrons. The summed E-state index contributed by atoms with van der Waals surface area (Å²) in [6.07, 6.45) is 6.87. The summed E-state index contributed by atoms with van der Waals surface area (Å²) in [6.45, 7) is 5.44. The molecule has 0 bridgehead atoms. The van der Waals surface area contributed by atoms with Crippen LogP contribution in [0.1, 0.15) is 12.8 Å². The van der Waals surface area contributed by atoms with Gasteiger partial charge in [-0.2, -0.15) is 0 Å². The Morgan fingerprint density at radius 1 is 1.21 bits per heavy atom. The Labute approximate surface area is 170 Å². The number of anilines is 2. The van der Waals surface area contributed by atoms with Gasteiger partial charge >= 0.3 is 0 Å². The average Bonchev–Trinajstić information content (AvgIpc) is 2.71. The third kappa shape index (κ3) is 5.75. The smallest absolute Gasteiger partial charge is 0.220 e. The molecule has 2 aliphatic heterocycles. The highest BCUT2D eigenvalue weighted by Gasteiger charge is 2.16. The third-order valence-corrected chi connectivity index (χ3v) is 5.04. The van der Waals surface area contributed by atoms with E-state index in [0.29, 0.717) is 17.3 Å². The minimum absolute atomic E-state index is 0.186. The number of hydrogen-bond donors (Lipinski definition) is 2. The third-order valence-electron chi connectivity index (χ3n) is 4.76. The van der Waals surface area contributed by atoms with E-state index in [9.17, 15) is 0 Å². The summed E-state index contributed by atoms with van der Waals surface area (Å²) in [7, 11) is 2.13. The molecule has 0 aliphatic carbocycles. The number of aliphatic hydroxyl groups excluding tert-OH is 1. The van der Waals surface area contributed by atoms with Gasteiger partial charge < -0.3 is 25.4 Å². The lowest BCUT2D eigenvalue weighted by Crippen LogP contribution is -2.44. The lowest BCUT2D eigenvalue weighted by Gasteiger charge is -2.33. The molecule has 28 heavy (non-hydrogen) atoms. The van der Waals surface area contributed by atoms with Gasteiger partial charge in [0.05, 0.1) is 41.5 Å². The number of halogens is 1. The van der Waals surface area contributed by atoms with Gasteiger partial charge in [0, 0.05) is 44.5 Å². The normalized spacial score (nSPS) is 20.4. The second-order valence-electron chi connectivity index (χ2n) is 7.02. The van der Waals surface area contributed by atoms with Crippen molar-refractivity contribution in [1.82, 2.24) is 19.9 Å². The molecule has 2 aliphatic rings. The Bertz CT molecular complexity index is 764. The molecule has 8 nitrogen and oxygen atoms in total. The first-order chi connectivity index (χ1) is 13.5. The van der Waals surface area contributed by atoms with Gasteiger partial charge in [0.1, 0.15) is 0 Å². The molecule has 0 spiro atoms. The molecule has 1 unspecified atom stereocenters. The van der Waals surface area contributed by atoms with Crippen molar-refractivity contribution in [3.8, 4) is 11.3 Å². The Hall–Kier alpha value is -2.00. The molecule has 0 aromatic carbocycles. The van der Waals surface area contributed by atoms with Crippen molar-refractivity contribution in [1.29, 1.82) is 0 Å². The maximum absolute atomic E-state index is 8.78. The highest BCUT2D eigenvalue weighted by atomic mass is 35.5. The predicted octanol–water partition coefficient (Wildman–Crippen LogP) is 1.68. The van der Waals surface area contributed by atoms with E-state index in [4.69, 9.17) is 27.2 Å². The number of likely N-dealkylation sites (N-methyl/N-ethyl adjacent to an activating group) is 1. The number of hydrogen-bond acceptors (Lipinski definition) is 8. The first-order valence-corrected chi connectivity index (χ1v) is 9.83. The fourth-order valence-corrected chi connectivity index (χ4v) is 3.30. The molecule has 9 heteroatoms. The number of nitrogen functional groups attached to an aromatic ring is 1. The minimum Gasteiger partial charge on any atom is -0.391 e. The van der Waals surface area contributed by atoms with Crippen molar-refractivity contribution < 1.29 is 9.84 Å². The zero-order chi connectivity index (χ0) is 19.9. The fraction of sp³-hybridized carbons (Fsp3) is 0.526. The molecule has 4 heterocycles. The van der Waals surface area contributed by atoms with Crippen molar-refractivity contribution in [2.75, 3.05) is 57.1 Å². The summed E-state index contributed by atoms with van der Waals surface area (Å²) in [5.74, 6) is 0.208. The number of aromatic nitrogens is 3. The van der Waals surface area contributed by atoms with Crippen LogP contribution in [0.5, 0.6) is 0 Å². The topological polar surface area (TPSA) is 101 Å². The van der Waals surface area contributed by atoms with Crippen LogP contribution in [0, 0.1) is 0 Å². The maximum atomic E-state index is 8.78. The van der Waals surface area contributed by atoms with Crippen molar-refractivity contribution >= 4 is 23.2 Å². The molecule has 1 atom stereocenters. The quantitative estimate of drug-likeness (QED) is 0.776. The SMILES string of the molecule is CN1CCN(c2cncc(-c3nc(N)ncc3Cl)c2)CC1.OC1CCCOC1. The van der Waals surface area contributed by atoms with Crippen LogP contribution in [-0.2, 0) is 4.74 Å². The van der Waals surface area contributed by atoms with E-state index in [1.165, 1.54) is 6.20 Å². The number of piperazine rings is 1. The van der Waals surface area contributed by atoms with Crippen molar-refractivity contribution in [2.45, 2.75) is 18.9 Å². The summed E-state index contributed by atoms with van der Waals surface area (Å²) in [5.41, 5.74) is 8.19. The zero-order valence-electron chi connectivity index (χ0n) is 16.1. The van der Waals surface area contributed by atoms with Gasteiger partial charge in [0.15, 0.2) is 0 Å². The molecule has 0 saturated carbocycles. The lowest BCUT2D eigenvalue weighted by molar-refractivity contribution is -0.00535. The molecule has 4 rings (SSSR count). The van der Waals surface area contributed by atoms with Gasteiger partial charge in [-0.1, -0.05) is 11.6 Å². The summed E-state index contributed by atoms with van der Waals surface area (Å²) in [6, 6.07) is 2.05. The molecule has 2 aromatic rings. The molecular formula is C19H27ClN6O2. The summed E-state index contributed by atoms with van der Waals surface area (Å²) < 4.78 is 4.93. The van der Waals surface area contributed by atoms with Crippen LogP contribution in [0.2, 0.25) is 5.02 Å². The number of nitrogens with two attached hydrogens (primary N) is 1. The molecule has 2 saturated heterocycles. The van der Waals surface area contributed by atoms with Gasteiger partial charge in [0.25, 0.3) is 0 Å². The van der Waals surface area contributed by atoms with Crippen LogP contribution in [0.25, 0.3) is 11.3 Å². The van der Waals surface area contributed by atoms with E-state index < -0.39 is 0 Å². The highest BCUT2D eigenvalue weighted by Crippen LogP contribution is 2.28. The summed E-state index contributed by atoms with van der Waals surface area (Å²) in [4.78, 5) is 17.0. The van der Waals surface area contributed by atoms with Gasteiger partial charge in [-0.25, -0.2) is 9.97 Å². The van der Waals surface area contributed by atoms with E-state index in [0.717, 1.165) is 56.9 Å². The number of rotatable bonds is 2. The number of nitrogens with zero attached hydrogens (tertiary/aromatic N) is 5. The molecule has 3 N–H and O–H groups in total. The maximum Gasteiger partial charge on any atom is 0.220 e. The van der Waals surface area contributed by atoms with Crippen LogP contribution < -0.4 is 10.6 Å². The van der Waals surface area contributed by atoms with E-state index in [1.807, 2.05) is 12.3 Å². The Kier molecular flexibility index (Phi) is 7.38. The number of pyridine rings is 1. The fourth-order valence-electron chi connectivity index (χ4n) is 3.10. The Balaban J connectivity index is 0.000000271. The summed E-state index contributed by atoms with van der Waals surface area (Å²) >= 11 is 6.16. The van der Waals surface area contributed by atoms with E-state index >= 15 is 0 Å². The molecule has 0 amide bonds. The number of aliphatic hydroxyl groups is 1. The lowest BCUT2D eigenvalue weighted by atomic mass is 10.1. The number of ether oxygens (including phenoxy) is 1. The second kappa shape index (κ2) is 9.97. The standard InChI is InChI=1S/C14H17ClN6.C5H10O2/c1-20-2-4-21(5-3-20)11-6-10(7-17-8-11)13-12(15)9-18-14(16)19-13;6-5-2-1-3-7-4-5/h6-9H,2-5H2,1H3,(H2,16,18,19);5-6H,1-4H2. The van der Waals surface area contributed by atoms with Crippen LogP contribution in [0.15, 0.2) is 24.7 Å².